The minimum Gasteiger partial charge on any atom is -0.480 e. The number of hydrogen-bond donors (Lipinski definition) is 2. The Morgan fingerprint density at radius 1 is 1.60 bits per heavy atom. The van der Waals surface area contributed by atoms with Gasteiger partial charge >= 0.3 is 5.97 Å². The van der Waals surface area contributed by atoms with Crippen LogP contribution in [0.2, 0.25) is 0 Å². The van der Waals surface area contributed by atoms with E-state index in [9.17, 15) is 9.59 Å². The van der Waals surface area contributed by atoms with Gasteiger partial charge in [-0.05, 0) is 35.0 Å². The number of nitrogens with one attached hydrogen (secondary N) is 1. The van der Waals surface area contributed by atoms with E-state index < -0.39 is 17.9 Å². The number of nitrogens with zero attached hydrogens (tertiary/aromatic N) is 1. The van der Waals surface area contributed by atoms with Crippen LogP contribution in [0, 0.1) is 0 Å². The van der Waals surface area contributed by atoms with Gasteiger partial charge in [-0.2, -0.15) is 0 Å². The molecule has 5 nitrogen and oxygen atoms in total. The van der Waals surface area contributed by atoms with Crippen molar-refractivity contribution >= 4 is 27.8 Å². The molecule has 0 saturated carbocycles. The van der Waals surface area contributed by atoms with Gasteiger partial charge in [-0.25, -0.2) is 4.98 Å². The molecule has 0 saturated heterocycles. The molecule has 1 amide bonds. The van der Waals surface area contributed by atoms with Crippen molar-refractivity contribution < 1.29 is 14.7 Å². The monoisotopic (exact) mass is 272 g/mol. The number of pyridine rings is 1. The van der Waals surface area contributed by atoms with E-state index in [0.717, 1.165) is 0 Å². The quantitative estimate of drug-likeness (QED) is 0.862. The lowest BCUT2D eigenvalue weighted by Gasteiger charge is -2.09. The zero-order valence-corrected chi connectivity index (χ0v) is 9.48. The van der Waals surface area contributed by atoms with Crippen LogP contribution in [0.15, 0.2) is 22.8 Å². The lowest BCUT2D eigenvalue weighted by molar-refractivity contribution is -0.138. The van der Waals surface area contributed by atoms with Crippen molar-refractivity contribution in [1.82, 2.24) is 10.3 Å². The number of halogens is 1. The van der Waals surface area contributed by atoms with Gasteiger partial charge in [0.1, 0.15) is 11.7 Å². The number of amides is 1. The first kappa shape index (κ1) is 11.6. The van der Waals surface area contributed by atoms with Crippen LogP contribution < -0.4 is 5.32 Å². The molecule has 15 heavy (non-hydrogen) atoms. The molecule has 6 heteroatoms. The van der Waals surface area contributed by atoms with E-state index in [2.05, 4.69) is 26.2 Å². The largest absolute Gasteiger partial charge is 0.480 e. The van der Waals surface area contributed by atoms with Crippen LogP contribution in [0.3, 0.4) is 0 Å². The highest BCUT2D eigenvalue weighted by Crippen LogP contribution is 2.12. The normalized spacial score (nSPS) is 11.9. The molecular weight excluding hydrogens is 264 g/mol. The second-order valence-electron chi connectivity index (χ2n) is 2.87. The summed E-state index contributed by atoms with van der Waals surface area (Å²) in [6.07, 6.45) is 1.46. The third kappa shape index (κ3) is 3.02. The smallest absolute Gasteiger partial charge is 0.325 e. The summed E-state index contributed by atoms with van der Waals surface area (Å²) in [5, 5.41) is 10.9. The van der Waals surface area contributed by atoms with Crippen molar-refractivity contribution in [2.75, 3.05) is 0 Å². The highest BCUT2D eigenvalue weighted by Gasteiger charge is 2.17. The van der Waals surface area contributed by atoms with Gasteiger partial charge in [0.05, 0.1) is 0 Å². The van der Waals surface area contributed by atoms with Gasteiger partial charge in [-0.15, -0.1) is 0 Å². The Labute approximate surface area is 94.6 Å². The molecule has 0 radical (unpaired) electrons. The number of aromatic nitrogens is 1. The molecule has 2 N–H and O–H groups in total. The van der Waals surface area contributed by atoms with Crippen molar-refractivity contribution in [1.29, 1.82) is 0 Å². The fourth-order valence-electron chi connectivity index (χ4n) is 0.880. The van der Waals surface area contributed by atoms with Gasteiger partial charge in [0.25, 0.3) is 5.91 Å². The Morgan fingerprint density at radius 3 is 2.80 bits per heavy atom. The second-order valence-corrected chi connectivity index (χ2v) is 3.72. The molecule has 1 heterocycles. The van der Waals surface area contributed by atoms with Gasteiger partial charge in [-0.3, -0.25) is 9.59 Å². The van der Waals surface area contributed by atoms with E-state index in [1.807, 2.05) is 0 Å². The van der Waals surface area contributed by atoms with Crippen LogP contribution in [-0.4, -0.2) is 28.0 Å². The molecule has 1 aromatic rings. The van der Waals surface area contributed by atoms with Crippen molar-refractivity contribution in [2.24, 2.45) is 0 Å². The molecule has 0 aliphatic carbocycles. The van der Waals surface area contributed by atoms with Gasteiger partial charge in [-0.1, -0.05) is 0 Å². The summed E-state index contributed by atoms with van der Waals surface area (Å²) >= 11 is 3.15. The fourth-order valence-corrected chi connectivity index (χ4v) is 1.31. The van der Waals surface area contributed by atoms with Crippen molar-refractivity contribution in [3.63, 3.8) is 0 Å². The number of hydrogen-bond acceptors (Lipinski definition) is 3. The average molecular weight is 273 g/mol. The summed E-state index contributed by atoms with van der Waals surface area (Å²) < 4.78 is 0.528. The van der Waals surface area contributed by atoms with Crippen LogP contribution in [0.1, 0.15) is 17.4 Å². The zero-order valence-electron chi connectivity index (χ0n) is 7.90. The first-order valence-electron chi connectivity index (χ1n) is 4.16. The summed E-state index contributed by atoms with van der Waals surface area (Å²) in [6, 6.07) is 2.39. The maximum absolute atomic E-state index is 11.5. The molecule has 80 valence electrons. The summed E-state index contributed by atoms with van der Waals surface area (Å²) in [5.74, 6) is -1.60. The fraction of sp³-hybridized carbons (Fsp3) is 0.222. The Kier molecular flexibility index (Phi) is 3.79. The van der Waals surface area contributed by atoms with Crippen LogP contribution in [0.25, 0.3) is 0 Å². The summed E-state index contributed by atoms with van der Waals surface area (Å²) in [7, 11) is 0. The highest BCUT2D eigenvalue weighted by molar-refractivity contribution is 9.10. The van der Waals surface area contributed by atoms with Gasteiger partial charge in [0, 0.05) is 10.7 Å². The third-order valence-electron chi connectivity index (χ3n) is 1.69. The SMILES string of the molecule is C[C@@H](NC(=O)c1ncccc1Br)C(=O)O. The standard InChI is InChI=1S/C9H9BrN2O3/c1-5(9(14)15)12-8(13)7-6(10)3-2-4-11-7/h2-5H,1H3,(H,12,13)(H,14,15)/t5-/m1/s1. The van der Waals surface area contributed by atoms with E-state index in [-0.39, 0.29) is 5.69 Å². The maximum Gasteiger partial charge on any atom is 0.325 e. The molecule has 1 atom stereocenters. The second kappa shape index (κ2) is 4.88. The first-order valence-corrected chi connectivity index (χ1v) is 4.96. The topological polar surface area (TPSA) is 79.3 Å². The molecule has 0 aromatic carbocycles. The molecule has 0 aliphatic heterocycles. The lowest BCUT2D eigenvalue weighted by Crippen LogP contribution is -2.38. The highest BCUT2D eigenvalue weighted by atomic mass is 79.9. The minimum absolute atomic E-state index is 0.172. The Balaban J connectivity index is 2.78. The Morgan fingerprint density at radius 2 is 2.27 bits per heavy atom. The van der Waals surface area contributed by atoms with E-state index >= 15 is 0 Å². The maximum atomic E-state index is 11.5. The van der Waals surface area contributed by atoms with Gasteiger partial charge in [0.15, 0.2) is 0 Å². The van der Waals surface area contributed by atoms with E-state index in [1.54, 1.807) is 12.1 Å². The molecule has 0 aliphatic rings. The van der Waals surface area contributed by atoms with E-state index in [4.69, 9.17) is 5.11 Å². The number of carboxylic acids is 1. The van der Waals surface area contributed by atoms with Crippen molar-refractivity contribution in [3.05, 3.63) is 28.5 Å². The number of carbonyl (C=O) groups is 2. The van der Waals surface area contributed by atoms with Crippen LogP contribution in [0.5, 0.6) is 0 Å². The number of carboxylic acid groups (broad SMARTS) is 1. The van der Waals surface area contributed by atoms with Gasteiger partial charge < -0.3 is 10.4 Å². The zero-order chi connectivity index (χ0) is 11.4. The molecule has 1 aromatic heterocycles. The molecule has 0 fully saturated rings. The summed E-state index contributed by atoms with van der Waals surface area (Å²) in [4.78, 5) is 25.9. The third-order valence-corrected chi connectivity index (χ3v) is 2.33. The molecular formula is C9H9BrN2O3. The minimum atomic E-state index is -1.09. The Hall–Kier alpha value is -1.43. The first-order chi connectivity index (χ1) is 7.02. The summed E-state index contributed by atoms with van der Waals surface area (Å²) in [6.45, 7) is 1.39. The molecule has 1 rings (SSSR count). The van der Waals surface area contributed by atoms with Crippen LogP contribution >= 0.6 is 15.9 Å². The van der Waals surface area contributed by atoms with Crippen molar-refractivity contribution in [3.8, 4) is 0 Å². The molecule has 0 bridgehead atoms. The molecule has 0 spiro atoms. The number of carbonyl (C=O) groups excluding carboxylic acids is 1. The number of aliphatic carboxylic acids is 1. The lowest BCUT2D eigenvalue weighted by atomic mass is 10.3. The average Bonchev–Trinajstić information content (AvgIpc) is 2.18. The predicted molar refractivity (Wildman–Crippen MR) is 56.5 cm³/mol. The molecule has 0 unspecified atom stereocenters. The van der Waals surface area contributed by atoms with E-state index in [1.165, 1.54) is 13.1 Å². The van der Waals surface area contributed by atoms with Crippen molar-refractivity contribution in [2.45, 2.75) is 13.0 Å². The van der Waals surface area contributed by atoms with Gasteiger partial charge in [0.2, 0.25) is 0 Å². The van der Waals surface area contributed by atoms with Crippen LogP contribution in [0.4, 0.5) is 0 Å². The summed E-state index contributed by atoms with van der Waals surface area (Å²) in [5.41, 5.74) is 0.172. The predicted octanol–water partition coefficient (Wildman–Crippen LogP) is 1.05. The van der Waals surface area contributed by atoms with Crippen LogP contribution in [-0.2, 0) is 4.79 Å². The van der Waals surface area contributed by atoms with E-state index in [0.29, 0.717) is 4.47 Å². The Bertz CT molecular complexity index is 395. The number of rotatable bonds is 3.